The number of nitrogens with zero attached hydrogens (tertiary/aromatic N) is 3. The number of rotatable bonds is 2. The molecule has 0 aliphatic carbocycles. The van der Waals surface area contributed by atoms with Crippen LogP contribution in [0, 0.1) is 18.3 Å². The first-order valence-corrected chi connectivity index (χ1v) is 6.46. The zero-order chi connectivity index (χ0) is 15.6. The summed E-state index contributed by atoms with van der Waals surface area (Å²) in [5.41, 5.74) is 0.672. The Labute approximate surface area is 126 Å². The second-order valence-corrected chi connectivity index (χ2v) is 4.83. The number of nitriles is 1. The first kappa shape index (κ1) is 14.8. The molecule has 0 spiro atoms. The number of hydrogen-bond acceptors (Lipinski definition) is 4. The summed E-state index contributed by atoms with van der Waals surface area (Å²) in [6, 6.07) is 8.83. The summed E-state index contributed by atoms with van der Waals surface area (Å²) < 4.78 is 1.01. The lowest BCUT2D eigenvalue weighted by Crippen LogP contribution is -2.22. The smallest absolute Gasteiger partial charge is 0.271 e. The fourth-order valence-electron chi connectivity index (χ4n) is 1.88. The van der Waals surface area contributed by atoms with Crippen LogP contribution in [0.15, 0.2) is 34.1 Å². The number of hydrogen-bond donors (Lipinski definition) is 1. The Morgan fingerprint density at radius 3 is 2.71 bits per heavy atom. The Morgan fingerprint density at radius 1 is 1.43 bits per heavy atom. The first-order valence-electron chi connectivity index (χ1n) is 6.08. The van der Waals surface area contributed by atoms with Crippen molar-refractivity contribution in [1.29, 1.82) is 5.26 Å². The summed E-state index contributed by atoms with van der Waals surface area (Å²) >= 11 is 6.00. The lowest BCUT2D eigenvalue weighted by atomic mass is 10.1. The van der Waals surface area contributed by atoms with Gasteiger partial charge in [-0.1, -0.05) is 23.7 Å². The molecule has 0 aliphatic heterocycles. The van der Waals surface area contributed by atoms with Gasteiger partial charge in [-0.25, -0.2) is 0 Å². The van der Waals surface area contributed by atoms with Gasteiger partial charge in [-0.3, -0.25) is 14.4 Å². The van der Waals surface area contributed by atoms with Crippen molar-refractivity contribution >= 4 is 23.5 Å². The standard InChI is InChI=1S/C15H12ClN3O2/c1-9-10(7-17)14(20)19(2)15(21)11(9)8-18-13-6-4-3-5-12(13)16/h3-6,8,21H,1-2H3. The van der Waals surface area contributed by atoms with Crippen molar-refractivity contribution < 1.29 is 5.11 Å². The van der Waals surface area contributed by atoms with E-state index in [9.17, 15) is 9.90 Å². The largest absolute Gasteiger partial charge is 0.494 e. The van der Waals surface area contributed by atoms with Gasteiger partial charge in [-0.05, 0) is 24.6 Å². The molecule has 0 radical (unpaired) electrons. The Morgan fingerprint density at radius 2 is 2.10 bits per heavy atom. The molecular weight excluding hydrogens is 290 g/mol. The van der Waals surface area contributed by atoms with Crippen molar-refractivity contribution in [2.24, 2.45) is 12.0 Å². The summed E-state index contributed by atoms with van der Waals surface area (Å²) in [6.07, 6.45) is 1.40. The van der Waals surface area contributed by atoms with Gasteiger partial charge in [0.25, 0.3) is 5.56 Å². The molecule has 1 N–H and O–H groups in total. The molecule has 1 aromatic carbocycles. The van der Waals surface area contributed by atoms with E-state index in [-0.39, 0.29) is 11.4 Å². The molecule has 6 heteroatoms. The Bertz CT molecular complexity index is 832. The van der Waals surface area contributed by atoms with Gasteiger partial charge in [0.05, 0.1) is 16.3 Å². The Balaban J connectivity index is 2.61. The maximum Gasteiger partial charge on any atom is 0.271 e. The molecule has 1 aromatic heterocycles. The van der Waals surface area contributed by atoms with Crippen LogP contribution in [0.1, 0.15) is 16.7 Å². The van der Waals surface area contributed by atoms with Crippen LogP contribution >= 0.6 is 11.6 Å². The zero-order valence-corrected chi connectivity index (χ0v) is 12.2. The fourth-order valence-corrected chi connectivity index (χ4v) is 2.07. The third-order valence-electron chi connectivity index (χ3n) is 3.15. The molecule has 5 nitrogen and oxygen atoms in total. The predicted octanol–water partition coefficient (Wildman–Crippen LogP) is 2.68. The third kappa shape index (κ3) is 2.67. The Hall–Kier alpha value is -2.58. The van der Waals surface area contributed by atoms with E-state index in [1.54, 1.807) is 31.2 Å². The number of para-hydroxylation sites is 1. The number of aliphatic imine (C=N–C) groups is 1. The van der Waals surface area contributed by atoms with Gasteiger partial charge in [0.1, 0.15) is 11.6 Å². The average molecular weight is 302 g/mol. The molecule has 0 amide bonds. The molecular formula is C15H12ClN3O2. The lowest BCUT2D eigenvalue weighted by molar-refractivity contribution is 0.421. The van der Waals surface area contributed by atoms with Crippen molar-refractivity contribution in [2.75, 3.05) is 0 Å². The molecule has 0 aliphatic rings. The van der Waals surface area contributed by atoms with Gasteiger partial charge in [0, 0.05) is 13.3 Å². The lowest BCUT2D eigenvalue weighted by Gasteiger charge is -2.09. The van der Waals surface area contributed by atoms with Crippen LogP contribution in [0.4, 0.5) is 5.69 Å². The molecule has 21 heavy (non-hydrogen) atoms. The van der Waals surface area contributed by atoms with Crippen molar-refractivity contribution in [3.63, 3.8) is 0 Å². The second kappa shape index (κ2) is 5.81. The third-order valence-corrected chi connectivity index (χ3v) is 3.47. The molecule has 2 aromatic rings. The van der Waals surface area contributed by atoms with Gasteiger partial charge in [0.2, 0.25) is 5.88 Å². The molecule has 0 bridgehead atoms. The van der Waals surface area contributed by atoms with E-state index >= 15 is 0 Å². The van der Waals surface area contributed by atoms with E-state index in [1.165, 1.54) is 13.3 Å². The van der Waals surface area contributed by atoms with Gasteiger partial charge >= 0.3 is 0 Å². The predicted molar refractivity (Wildman–Crippen MR) is 81.5 cm³/mol. The van der Waals surface area contributed by atoms with Gasteiger partial charge in [0.15, 0.2) is 0 Å². The minimum absolute atomic E-state index is 0.0177. The number of aromatic hydroxyl groups is 1. The van der Waals surface area contributed by atoms with Gasteiger partial charge < -0.3 is 5.11 Å². The van der Waals surface area contributed by atoms with Crippen LogP contribution in [-0.2, 0) is 7.05 Å². The highest BCUT2D eigenvalue weighted by molar-refractivity contribution is 6.33. The van der Waals surface area contributed by atoms with Crippen molar-refractivity contribution in [2.45, 2.75) is 6.92 Å². The fraction of sp³-hybridized carbons (Fsp3) is 0.133. The van der Waals surface area contributed by atoms with E-state index < -0.39 is 5.56 Å². The SMILES string of the molecule is Cc1c(C=Nc2ccccc2Cl)c(O)n(C)c(=O)c1C#N. The highest BCUT2D eigenvalue weighted by atomic mass is 35.5. The van der Waals surface area contributed by atoms with Crippen molar-refractivity contribution in [1.82, 2.24) is 4.57 Å². The van der Waals surface area contributed by atoms with E-state index in [0.29, 0.717) is 21.8 Å². The number of pyridine rings is 1. The highest BCUT2D eigenvalue weighted by Crippen LogP contribution is 2.25. The highest BCUT2D eigenvalue weighted by Gasteiger charge is 2.15. The van der Waals surface area contributed by atoms with Crippen LogP contribution in [0.2, 0.25) is 5.02 Å². The molecule has 0 saturated heterocycles. The summed E-state index contributed by atoms with van der Waals surface area (Å²) in [7, 11) is 1.39. The summed E-state index contributed by atoms with van der Waals surface area (Å²) in [5, 5.41) is 19.6. The number of benzene rings is 1. The summed E-state index contributed by atoms with van der Waals surface area (Å²) in [4.78, 5) is 16.0. The minimum Gasteiger partial charge on any atom is -0.494 e. The van der Waals surface area contributed by atoms with Crippen molar-refractivity contribution in [3.8, 4) is 11.9 Å². The van der Waals surface area contributed by atoms with Crippen LogP contribution < -0.4 is 5.56 Å². The van der Waals surface area contributed by atoms with E-state index in [0.717, 1.165) is 4.57 Å². The first-order chi connectivity index (χ1) is 9.97. The molecule has 0 saturated carbocycles. The quantitative estimate of drug-likeness (QED) is 0.866. The van der Waals surface area contributed by atoms with Gasteiger partial charge in [-0.15, -0.1) is 0 Å². The van der Waals surface area contributed by atoms with E-state index in [4.69, 9.17) is 16.9 Å². The maximum absolute atomic E-state index is 11.8. The molecule has 0 atom stereocenters. The number of aromatic nitrogens is 1. The Kier molecular flexibility index (Phi) is 4.10. The average Bonchev–Trinajstić information content (AvgIpc) is 2.47. The van der Waals surface area contributed by atoms with Crippen LogP contribution in [0.3, 0.4) is 0 Å². The van der Waals surface area contributed by atoms with E-state index in [2.05, 4.69) is 4.99 Å². The molecule has 0 unspecified atom stereocenters. The van der Waals surface area contributed by atoms with E-state index in [1.807, 2.05) is 6.07 Å². The monoisotopic (exact) mass is 301 g/mol. The summed E-state index contributed by atoms with van der Waals surface area (Å²) in [6.45, 7) is 1.59. The molecule has 1 heterocycles. The zero-order valence-electron chi connectivity index (χ0n) is 11.5. The molecule has 106 valence electrons. The second-order valence-electron chi connectivity index (χ2n) is 4.42. The maximum atomic E-state index is 11.8. The van der Waals surface area contributed by atoms with Crippen molar-refractivity contribution in [3.05, 3.63) is 56.3 Å². The molecule has 2 rings (SSSR count). The van der Waals surface area contributed by atoms with Gasteiger partial charge in [-0.2, -0.15) is 5.26 Å². The number of halogens is 1. The normalized spacial score (nSPS) is 10.8. The minimum atomic E-state index is -0.539. The topological polar surface area (TPSA) is 78.4 Å². The van der Waals surface area contributed by atoms with Crippen LogP contribution in [0.25, 0.3) is 0 Å². The van der Waals surface area contributed by atoms with Crippen LogP contribution in [0.5, 0.6) is 5.88 Å². The summed E-state index contributed by atoms with van der Waals surface area (Å²) in [5.74, 6) is -0.243. The van der Waals surface area contributed by atoms with Crippen LogP contribution in [-0.4, -0.2) is 15.9 Å². The molecule has 0 fully saturated rings.